The van der Waals surface area contributed by atoms with Crippen LogP contribution in [0.15, 0.2) is 24.3 Å². The maximum Gasteiger partial charge on any atom is 0.218 e. The third-order valence-electron chi connectivity index (χ3n) is 4.12. The van der Waals surface area contributed by atoms with Crippen LogP contribution in [0.2, 0.25) is 0 Å². The zero-order valence-electron chi connectivity index (χ0n) is 12.7. The predicted molar refractivity (Wildman–Crippen MR) is 83.0 cm³/mol. The first-order valence-corrected chi connectivity index (χ1v) is 8.90. The van der Waals surface area contributed by atoms with Gasteiger partial charge in [-0.3, -0.25) is 0 Å². The maximum absolute atomic E-state index is 12.5. The number of hydrogen-bond acceptors (Lipinski definition) is 3. The Morgan fingerprint density at radius 2 is 1.86 bits per heavy atom. The molecule has 0 unspecified atom stereocenters. The average molecular weight is 306 g/mol. The monoisotopic (exact) mass is 306 g/mol. The molecule has 0 bridgehead atoms. The Morgan fingerprint density at radius 1 is 1.19 bits per heavy atom. The van der Waals surface area contributed by atoms with Crippen molar-refractivity contribution in [3.05, 3.63) is 35.4 Å². The van der Waals surface area contributed by atoms with Crippen LogP contribution in [0.1, 0.15) is 44.2 Å². The quantitative estimate of drug-likeness (QED) is 0.862. The van der Waals surface area contributed by atoms with Crippen LogP contribution < -0.4 is 0 Å². The molecule has 1 aliphatic heterocycles. The highest BCUT2D eigenvalue weighted by atomic mass is 32.2. The fourth-order valence-corrected chi connectivity index (χ4v) is 4.23. The van der Waals surface area contributed by atoms with Gasteiger partial charge in [0, 0.05) is 13.1 Å². The standard InChI is InChI=1S/C16H22N2O2S/c1-16(2)8-3-10-18(11-9-16)21(19,20)13-15-6-4-14(12-17)5-7-15/h4-7H,3,8-11,13H2,1-2H3. The molecule has 5 heteroatoms. The van der Waals surface area contributed by atoms with Crippen LogP contribution in [-0.4, -0.2) is 25.8 Å². The SMILES string of the molecule is CC1(C)CCCN(S(=O)(=O)Cc2ccc(C#N)cc2)CC1. The van der Waals surface area contributed by atoms with Gasteiger partial charge in [-0.05, 0) is 42.4 Å². The second-order valence-electron chi connectivity index (χ2n) is 6.48. The fraction of sp³-hybridized carbons (Fsp3) is 0.562. The van der Waals surface area contributed by atoms with Crippen molar-refractivity contribution in [2.24, 2.45) is 5.41 Å². The Morgan fingerprint density at radius 3 is 2.48 bits per heavy atom. The summed E-state index contributed by atoms with van der Waals surface area (Å²) in [5.74, 6) is 0.0130. The van der Waals surface area contributed by atoms with Gasteiger partial charge in [-0.1, -0.05) is 26.0 Å². The summed E-state index contributed by atoms with van der Waals surface area (Å²) in [5.41, 5.74) is 1.50. The summed E-state index contributed by atoms with van der Waals surface area (Å²) in [7, 11) is -3.28. The lowest BCUT2D eigenvalue weighted by molar-refractivity contribution is 0.314. The van der Waals surface area contributed by atoms with Gasteiger partial charge in [-0.2, -0.15) is 5.26 Å². The van der Waals surface area contributed by atoms with Gasteiger partial charge in [0.2, 0.25) is 10.0 Å². The van der Waals surface area contributed by atoms with Crippen LogP contribution in [0.25, 0.3) is 0 Å². The highest BCUT2D eigenvalue weighted by molar-refractivity contribution is 7.88. The molecule has 0 spiro atoms. The summed E-state index contributed by atoms with van der Waals surface area (Å²) in [6.07, 6.45) is 2.88. The number of nitrogens with zero attached hydrogens (tertiary/aromatic N) is 2. The predicted octanol–water partition coefficient (Wildman–Crippen LogP) is 2.90. The van der Waals surface area contributed by atoms with Gasteiger partial charge in [-0.25, -0.2) is 12.7 Å². The zero-order valence-corrected chi connectivity index (χ0v) is 13.5. The summed E-state index contributed by atoms with van der Waals surface area (Å²) < 4.78 is 26.7. The molecule has 21 heavy (non-hydrogen) atoms. The van der Waals surface area contributed by atoms with Crippen LogP contribution in [0, 0.1) is 16.7 Å². The summed E-state index contributed by atoms with van der Waals surface area (Å²) in [6.45, 7) is 5.61. The Kier molecular flexibility index (Phi) is 4.70. The number of nitriles is 1. The molecular weight excluding hydrogens is 284 g/mol. The summed E-state index contributed by atoms with van der Waals surface area (Å²) in [4.78, 5) is 0. The van der Waals surface area contributed by atoms with E-state index in [1.807, 2.05) is 6.07 Å². The summed E-state index contributed by atoms with van der Waals surface area (Å²) in [6, 6.07) is 8.80. The van der Waals surface area contributed by atoms with Gasteiger partial charge in [0.05, 0.1) is 17.4 Å². The minimum absolute atomic E-state index is 0.0130. The van der Waals surface area contributed by atoms with Crippen molar-refractivity contribution in [3.8, 4) is 6.07 Å². The molecule has 1 aromatic carbocycles. The van der Waals surface area contributed by atoms with Crippen molar-refractivity contribution < 1.29 is 8.42 Å². The van der Waals surface area contributed by atoms with E-state index in [4.69, 9.17) is 5.26 Å². The van der Waals surface area contributed by atoms with Crippen LogP contribution in [-0.2, 0) is 15.8 Å². The molecule has 0 N–H and O–H groups in total. The lowest BCUT2D eigenvalue weighted by Gasteiger charge is -2.23. The van der Waals surface area contributed by atoms with E-state index in [0.29, 0.717) is 18.7 Å². The Hall–Kier alpha value is -1.38. The van der Waals surface area contributed by atoms with Crippen LogP contribution >= 0.6 is 0 Å². The van der Waals surface area contributed by atoms with E-state index in [0.717, 1.165) is 24.8 Å². The van der Waals surface area contributed by atoms with Crippen LogP contribution in [0.4, 0.5) is 0 Å². The molecule has 0 aromatic heterocycles. The van der Waals surface area contributed by atoms with E-state index in [2.05, 4.69) is 13.8 Å². The number of benzene rings is 1. The molecule has 1 aliphatic rings. The first-order valence-electron chi connectivity index (χ1n) is 7.29. The topological polar surface area (TPSA) is 61.2 Å². The number of hydrogen-bond donors (Lipinski definition) is 0. The van der Waals surface area contributed by atoms with Crippen molar-refractivity contribution in [2.75, 3.05) is 13.1 Å². The molecule has 1 heterocycles. The Balaban J connectivity index is 2.09. The second kappa shape index (κ2) is 6.17. The van der Waals surface area contributed by atoms with Crippen molar-refractivity contribution in [3.63, 3.8) is 0 Å². The molecule has 0 saturated carbocycles. The Bertz CT molecular complexity index is 627. The lowest BCUT2D eigenvalue weighted by atomic mass is 9.85. The molecule has 0 aliphatic carbocycles. The molecule has 2 rings (SSSR count). The van der Waals surface area contributed by atoms with Crippen molar-refractivity contribution in [2.45, 2.75) is 38.9 Å². The van der Waals surface area contributed by atoms with Crippen LogP contribution in [0.3, 0.4) is 0 Å². The smallest absolute Gasteiger partial charge is 0.212 e. The van der Waals surface area contributed by atoms with Crippen molar-refractivity contribution in [1.82, 2.24) is 4.31 Å². The molecule has 0 radical (unpaired) electrons. The second-order valence-corrected chi connectivity index (χ2v) is 8.45. The fourth-order valence-electron chi connectivity index (χ4n) is 2.65. The van der Waals surface area contributed by atoms with E-state index in [9.17, 15) is 8.42 Å². The third-order valence-corrected chi connectivity index (χ3v) is 5.97. The maximum atomic E-state index is 12.5. The molecule has 1 saturated heterocycles. The van der Waals surface area contributed by atoms with Crippen molar-refractivity contribution >= 4 is 10.0 Å². The minimum atomic E-state index is -3.28. The lowest BCUT2D eigenvalue weighted by Crippen LogP contribution is -2.33. The summed E-state index contributed by atoms with van der Waals surface area (Å²) >= 11 is 0. The largest absolute Gasteiger partial charge is 0.218 e. The van der Waals surface area contributed by atoms with E-state index in [1.54, 1.807) is 28.6 Å². The van der Waals surface area contributed by atoms with Gasteiger partial charge >= 0.3 is 0 Å². The van der Waals surface area contributed by atoms with Gasteiger partial charge in [0.1, 0.15) is 0 Å². The first-order chi connectivity index (χ1) is 9.82. The number of rotatable bonds is 3. The van der Waals surface area contributed by atoms with E-state index < -0.39 is 10.0 Å². The normalized spacial score (nSPS) is 19.7. The minimum Gasteiger partial charge on any atom is -0.212 e. The van der Waals surface area contributed by atoms with Gasteiger partial charge in [0.25, 0.3) is 0 Å². The average Bonchev–Trinajstić information content (AvgIpc) is 2.60. The van der Waals surface area contributed by atoms with Crippen molar-refractivity contribution in [1.29, 1.82) is 5.26 Å². The highest BCUT2D eigenvalue weighted by Crippen LogP contribution is 2.31. The zero-order chi connectivity index (χ0) is 15.5. The van der Waals surface area contributed by atoms with E-state index in [-0.39, 0.29) is 11.2 Å². The highest BCUT2D eigenvalue weighted by Gasteiger charge is 2.29. The molecule has 0 atom stereocenters. The molecule has 114 valence electrons. The van der Waals surface area contributed by atoms with Crippen LogP contribution in [0.5, 0.6) is 0 Å². The first kappa shape index (κ1) is 16.0. The summed E-state index contributed by atoms with van der Waals surface area (Å²) in [5, 5.41) is 8.77. The van der Waals surface area contributed by atoms with E-state index in [1.165, 1.54) is 0 Å². The Labute approximate surface area is 127 Å². The van der Waals surface area contributed by atoms with Gasteiger partial charge in [-0.15, -0.1) is 0 Å². The van der Waals surface area contributed by atoms with Gasteiger partial charge in [0.15, 0.2) is 0 Å². The van der Waals surface area contributed by atoms with E-state index >= 15 is 0 Å². The number of sulfonamides is 1. The van der Waals surface area contributed by atoms with Gasteiger partial charge < -0.3 is 0 Å². The molecular formula is C16H22N2O2S. The molecule has 1 fully saturated rings. The molecule has 0 amide bonds. The third kappa shape index (κ3) is 4.29. The molecule has 1 aromatic rings. The molecule has 4 nitrogen and oxygen atoms in total.